The van der Waals surface area contributed by atoms with Gasteiger partial charge in [-0.1, -0.05) is 30.3 Å². The van der Waals surface area contributed by atoms with E-state index in [1.165, 1.54) is 0 Å². The number of benzene rings is 1. The molecule has 0 bridgehead atoms. The lowest BCUT2D eigenvalue weighted by atomic mass is 10.2. The van der Waals surface area contributed by atoms with Crippen molar-refractivity contribution in [2.24, 2.45) is 0 Å². The van der Waals surface area contributed by atoms with Gasteiger partial charge in [0.05, 0.1) is 12.7 Å². The Kier molecular flexibility index (Phi) is 4.39. The van der Waals surface area contributed by atoms with Crippen molar-refractivity contribution in [2.45, 2.75) is 25.6 Å². The van der Waals surface area contributed by atoms with Gasteiger partial charge in [-0.25, -0.2) is 14.3 Å². The number of aromatic nitrogens is 5. The normalized spacial score (nSPS) is 16.8. The van der Waals surface area contributed by atoms with Crippen LogP contribution in [-0.4, -0.2) is 50.1 Å². The lowest BCUT2D eigenvalue weighted by molar-refractivity contribution is 0.0925. The SMILES string of the molecule is CN1C[C@@H](NC(=O)c2ncn(Cc3ccccc3)n2)CCn2nccc21. The van der Waals surface area contributed by atoms with Crippen LogP contribution in [0.15, 0.2) is 48.9 Å². The average molecular weight is 351 g/mol. The minimum Gasteiger partial charge on any atom is -0.358 e. The van der Waals surface area contributed by atoms with Gasteiger partial charge < -0.3 is 10.2 Å². The number of anilines is 1. The number of hydrogen-bond donors (Lipinski definition) is 1. The highest BCUT2D eigenvalue weighted by Crippen LogP contribution is 2.17. The third kappa shape index (κ3) is 3.44. The molecule has 1 N–H and O–H groups in total. The van der Waals surface area contributed by atoms with E-state index in [0.717, 1.165) is 30.9 Å². The lowest BCUT2D eigenvalue weighted by Crippen LogP contribution is -2.42. The van der Waals surface area contributed by atoms with E-state index in [1.54, 1.807) is 17.2 Å². The Morgan fingerprint density at radius 3 is 2.96 bits per heavy atom. The zero-order chi connectivity index (χ0) is 17.9. The summed E-state index contributed by atoms with van der Waals surface area (Å²) in [6.45, 7) is 2.09. The van der Waals surface area contributed by atoms with Gasteiger partial charge in [0, 0.05) is 32.2 Å². The summed E-state index contributed by atoms with van der Waals surface area (Å²) in [4.78, 5) is 18.8. The summed E-state index contributed by atoms with van der Waals surface area (Å²) in [7, 11) is 2.00. The topological polar surface area (TPSA) is 80.9 Å². The first-order chi connectivity index (χ1) is 12.7. The molecule has 2 aromatic heterocycles. The first-order valence-corrected chi connectivity index (χ1v) is 8.66. The molecule has 0 fully saturated rings. The van der Waals surface area contributed by atoms with Crippen LogP contribution in [-0.2, 0) is 13.1 Å². The first-order valence-electron chi connectivity index (χ1n) is 8.66. The maximum atomic E-state index is 12.5. The van der Waals surface area contributed by atoms with E-state index in [-0.39, 0.29) is 17.8 Å². The van der Waals surface area contributed by atoms with Crippen LogP contribution in [0.2, 0.25) is 0 Å². The molecule has 8 nitrogen and oxygen atoms in total. The fourth-order valence-electron chi connectivity index (χ4n) is 3.23. The quantitative estimate of drug-likeness (QED) is 0.763. The maximum absolute atomic E-state index is 12.5. The van der Waals surface area contributed by atoms with Crippen LogP contribution in [0.5, 0.6) is 0 Å². The predicted octanol–water partition coefficient (Wildman–Crippen LogP) is 1.16. The second kappa shape index (κ2) is 6.99. The monoisotopic (exact) mass is 351 g/mol. The fourth-order valence-corrected chi connectivity index (χ4v) is 3.23. The van der Waals surface area contributed by atoms with Gasteiger partial charge in [0.1, 0.15) is 12.1 Å². The van der Waals surface area contributed by atoms with Crippen molar-refractivity contribution in [3.8, 4) is 0 Å². The van der Waals surface area contributed by atoms with Gasteiger partial charge in [0.25, 0.3) is 5.91 Å². The van der Waals surface area contributed by atoms with Crippen LogP contribution in [0, 0.1) is 0 Å². The minimum absolute atomic E-state index is 0.0234. The molecule has 134 valence electrons. The Bertz CT molecular complexity index is 886. The van der Waals surface area contributed by atoms with Crippen LogP contribution in [0.4, 0.5) is 5.82 Å². The molecule has 3 aromatic rings. The van der Waals surface area contributed by atoms with Crippen molar-refractivity contribution < 1.29 is 4.79 Å². The molecule has 1 atom stereocenters. The molecule has 0 saturated heterocycles. The van der Waals surface area contributed by atoms with Gasteiger partial charge in [-0.2, -0.15) is 5.10 Å². The van der Waals surface area contributed by atoms with Gasteiger partial charge in [-0.05, 0) is 12.0 Å². The highest BCUT2D eigenvalue weighted by Gasteiger charge is 2.23. The number of nitrogens with zero attached hydrogens (tertiary/aromatic N) is 6. The molecule has 4 rings (SSSR count). The standard InChI is InChI=1S/C18H21N7O/c1-23-12-15(8-10-25-16(23)7-9-20-25)21-18(26)17-19-13-24(22-17)11-14-5-3-2-4-6-14/h2-7,9,13,15H,8,10-12H2,1H3,(H,21,26)/t15-/m0/s1. The summed E-state index contributed by atoms with van der Waals surface area (Å²) < 4.78 is 3.64. The number of amides is 1. The third-order valence-corrected chi connectivity index (χ3v) is 4.53. The smallest absolute Gasteiger partial charge is 0.291 e. The highest BCUT2D eigenvalue weighted by atomic mass is 16.2. The zero-order valence-electron chi connectivity index (χ0n) is 14.6. The van der Waals surface area contributed by atoms with E-state index >= 15 is 0 Å². The molecule has 3 heterocycles. The van der Waals surface area contributed by atoms with Crippen LogP contribution in [0.1, 0.15) is 22.6 Å². The molecule has 8 heteroatoms. The Morgan fingerprint density at radius 1 is 1.27 bits per heavy atom. The van der Waals surface area contributed by atoms with Crippen molar-refractivity contribution >= 4 is 11.7 Å². The molecule has 0 radical (unpaired) electrons. The fraction of sp³-hybridized carbons (Fsp3) is 0.333. The van der Waals surface area contributed by atoms with Gasteiger partial charge in [0.15, 0.2) is 0 Å². The van der Waals surface area contributed by atoms with Crippen molar-refractivity contribution in [1.29, 1.82) is 0 Å². The summed E-state index contributed by atoms with van der Waals surface area (Å²) >= 11 is 0. The number of carbonyl (C=O) groups is 1. The minimum atomic E-state index is -0.241. The molecule has 0 aliphatic carbocycles. The lowest BCUT2D eigenvalue weighted by Gasteiger charge is -2.21. The van der Waals surface area contributed by atoms with E-state index < -0.39 is 0 Å². The van der Waals surface area contributed by atoms with Crippen LogP contribution >= 0.6 is 0 Å². The van der Waals surface area contributed by atoms with E-state index in [0.29, 0.717) is 6.54 Å². The van der Waals surface area contributed by atoms with E-state index in [1.807, 2.05) is 48.1 Å². The number of rotatable bonds is 4. The van der Waals surface area contributed by atoms with Crippen molar-refractivity contribution in [2.75, 3.05) is 18.5 Å². The predicted molar refractivity (Wildman–Crippen MR) is 96.9 cm³/mol. The first kappa shape index (κ1) is 16.3. The van der Waals surface area contributed by atoms with Crippen molar-refractivity contribution in [3.05, 3.63) is 60.3 Å². The van der Waals surface area contributed by atoms with Crippen molar-refractivity contribution in [3.63, 3.8) is 0 Å². The summed E-state index contributed by atoms with van der Waals surface area (Å²) in [5, 5.41) is 11.7. The van der Waals surface area contributed by atoms with Crippen LogP contribution < -0.4 is 10.2 Å². The van der Waals surface area contributed by atoms with Gasteiger partial charge in [-0.3, -0.25) is 4.79 Å². The van der Waals surface area contributed by atoms with Crippen molar-refractivity contribution in [1.82, 2.24) is 29.9 Å². The molecular formula is C18H21N7O. The Hall–Kier alpha value is -3.16. The second-order valence-corrected chi connectivity index (χ2v) is 6.50. The summed E-state index contributed by atoms with van der Waals surface area (Å²) in [5.74, 6) is 1.02. The maximum Gasteiger partial charge on any atom is 0.291 e. The molecule has 1 amide bonds. The highest BCUT2D eigenvalue weighted by molar-refractivity contribution is 5.90. The Morgan fingerprint density at radius 2 is 2.12 bits per heavy atom. The number of likely N-dealkylation sites (N-methyl/N-ethyl adjacent to an activating group) is 1. The molecular weight excluding hydrogens is 330 g/mol. The second-order valence-electron chi connectivity index (χ2n) is 6.50. The number of fused-ring (bicyclic) bond motifs is 1. The molecule has 1 aromatic carbocycles. The molecule has 1 aliphatic rings. The number of aryl methyl sites for hydroxylation is 1. The molecule has 0 saturated carbocycles. The van der Waals surface area contributed by atoms with E-state index in [2.05, 4.69) is 25.4 Å². The summed E-state index contributed by atoms with van der Waals surface area (Å²) in [5.41, 5.74) is 1.11. The Labute approximate surface area is 151 Å². The number of hydrogen-bond acceptors (Lipinski definition) is 5. The van der Waals surface area contributed by atoms with E-state index in [9.17, 15) is 4.79 Å². The van der Waals surface area contributed by atoms with E-state index in [4.69, 9.17) is 0 Å². The van der Waals surface area contributed by atoms with Gasteiger partial charge >= 0.3 is 0 Å². The summed E-state index contributed by atoms with van der Waals surface area (Å²) in [6, 6.07) is 12.0. The zero-order valence-corrected chi connectivity index (χ0v) is 14.6. The molecule has 0 unspecified atom stereocenters. The number of nitrogens with one attached hydrogen (secondary N) is 1. The number of carbonyl (C=O) groups excluding carboxylic acids is 1. The van der Waals surface area contributed by atoms with Crippen LogP contribution in [0.3, 0.4) is 0 Å². The third-order valence-electron chi connectivity index (χ3n) is 4.53. The molecule has 26 heavy (non-hydrogen) atoms. The summed E-state index contributed by atoms with van der Waals surface area (Å²) in [6.07, 6.45) is 4.21. The molecule has 1 aliphatic heterocycles. The Balaban J connectivity index is 1.39. The molecule has 0 spiro atoms. The van der Waals surface area contributed by atoms with Gasteiger partial charge in [0.2, 0.25) is 5.82 Å². The van der Waals surface area contributed by atoms with Crippen LogP contribution in [0.25, 0.3) is 0 Å². The van der Waals surface area contributed by atoms with Gasteiger partial charge in [-0.15, -0.1) is 5.10 Å². The largest absolute Gasteiger partial charge is 0.358 e. The average Bonchev–Trinajstić information content (AvgIpc) is 3.27.